The average Bonchev–Trinajstić information content (AvgIpc) is 0. The SMILES string of the molecule is C.C.C.C.C.C.F.O.O. The van der Waals surface area contributed by atoms with Gasteiger partial charge in [0.2, 0.25) is 0 Å². The Morgan fingerprint density at radius 3 is 0.333 bits per heavy atom. The maximum absolute atomic E-state index is 0. The van der Waals surface area contributed by atoms with Gasteiger partial charge in [-0.1, -0.05) is 44.6 Å². The lowest BCUT2D eigenvalue weighted by Crippen LogP contribution is -0.290. The van der Waals surface area contributed by atoms with Crippen LogP contribution in [0.2, 0.25) is 0 Å². The zero-order chi connectivity index (χ0) is 0. The first kappa shape index (κ1) is 24200. The largest absolute Gasteiger partial charge is 0.412 e. The molecule has 0 radical (unpaired) electrons. The van der Waals surface area contributed by atoms with E-state index in [4.69, 9.17) is 0 Å². The van der Waals surface area contributed by atoms with E-state index in [1.807, 2.05) is 0 Å². The van der Waals surface area contributed by atoms with E-state index in [-0.39, 0.29) is 60.2 Å². The summed E-state index contributed by atoms with van der Waals surface area (Å²) in [7, 11) is 0. The van der Waals surface area contributed by atoms with Gasteiger partial charge >= 0.3 is 0 Å². The molecule has 0 bridgehead atoms. The summed E-state index contributed by atoms with van der Waals surface area (Å²) in [5.74, 6) is 0. The summed E-state index contributed by atoms with van der Waals surface area (Å²) in [6.07, 6.45) is 0. The summed E-state index contributed by atoms with van der Waals surface area (Å²) in [5, 5.41) is 0. The van der Waals surface area contributed by atoms with Crippen LogP contribution >= 0.6 is 0 Å². The first-order valence-corrected chi connectivity index (χ1v) is 0. The second-order valence-electron chi connectivity index (χ2n) is 0. The number of rotatable bonds is 0. The molecule has 0 aromatic rings. The Morgan fingerprint density at radius 1 is 0.333 bits per heavy atom. The van der Waals surface area contributed by atoms with E-state index in [1.165, 1.54) is 0 Å². The molecule has 3 heteroatoms. The zero-order valence-electron chi connectivity index (χ0n) is 1.41. The molecule has 2 nitrogen and oxygen atoms in total. The summed E-state index contributed by atoms with van der Waals surface area (Å²) in [6.45, 7) is 0. The van der Waals surface area contributed by atoms with Gasteiger partial charge in [0.25, 0.3) is 0 Å². The highest BCUT2D eigenvalue weighted by molar-refractivity contribution is 2.51. The maximum atomic E-state index is 0. The third kappa shape index (κ3) is 11900. The first-order valence-electron chi connectivity index (χ1n) is 0. The monoisotopic (exact) mass is 152 g/mol. The van der Waals surface area contributed by atoms with Gasteiger partial charge in [0.1, 0.15) is 0 Å². The Labute approximate surface area is 61.3 Å². The number of hydrogen-bond donors (Lipinski definition) is 0. The second kappa shape index (κ2) is 16400. The fourth-order valence-corrected chi connectivity index (χ4v) is 0. The Kier molecular flexibility index (Phi) is 44100000. The highest BCUT2D eigenvalue weighted by Gasteiger charge is -0.0725. The lowest BCUT2D eigenvalue weighted by atomic mass is 12.0. The van der Waals surface area contributed by atoms with Gasteiger partial charge < -0.3 is 11.0 Å². The van der Waals surface area contributed by atoms with E-state index >= 15 is 0 Å². The molecule has 0 saturated carbocycles. The van der Waals surface area contributed by atoms with Crippen molar-refractivity contribution in [2.45, 2.75) is 44.6 Å². The van der Waals surface area contributed by atoms with Crippen LogP contribution in [0.15, 0.2) is 0 Å². The summed E-state index contributed by atoms with van der Waals surface area (Å²) in [6, 6.07) is 0. The quantitative estimate of drug-likeness (QED) is 0.511. The minimum absolute atomic E-state index is 0. The molecule has 0 aromatic carbocycles. The molecule has 0 aromatic heterocycles. The molecule has 9 heavy (non-hydrogen) atoms. The van der Waals surface area contributed by atoms with Crippen LogP contribution in [0.5, 0.6) is 0 Å². The van der Waals surface area contributed by atoms with Crippen molar-refractivity contribution in [3.8, 4) is 0 Å². The molecule has 0 fully saturated rings. The van der Waals surface area contributed by atoms with Crippen molar-refractivity contribution in [1.82, 2.24) is 0 Å². The van der Waals surface area contributed by atoms with E-state index in [0.29, 0.717) is 0 Å². The van der Waals surface area contributed by atoms with Gasteiger partial charge in [-0.05, 0) is 0 Å². The smallest absolute Gasteiger partial charge is 0.0776 e. The Morgan fingerprint density at radius 2 is 0.333 bits per heavy atom. The van der Waals surface area contributed by atoms with E-state index in [0.717, 1.165) is 0 Å². The van der Waals surface area contributed by atoms with Gasteiger partial charge in [0.05, 0.1) is 0 Å². The molecular formula is C6H29FO2. The van der Waals surface area contributed by atoms with Crippen LogP contribution in [0.25, 0.3) is 0 Å². The van der Waals surface area contributed by atoms with Gasteiger partial charge in [-0.2, -0.15) is 0 Å². The number of halogens is 1. The normalized spacial score (nSPS) is 0. The van der Waals surface area contributed by atoms with Crippen molar-refractivity contribution >= 4 is 0 Å². The van der Waals surface area contributed by atoms with E-state index in [9.17, 15) is 0 Å². The van der Waals surface area contributed by atoms with Gasteiger partial charge in [-0.3, -0.25) is 4.70 Å². The molecule has 72 valence electrons. The highest BCUT2D eigenvalue weighted by Crippen LogP contribution is 0.420. The topological polar surface area (TPSA) is 63.0 Å². The molecule has 0 aliphatic rings. The minimum atomic E-state index is 0. The predicted octanol–water partition coefficient (Wildman–Crippen LogP) is 2.32. The van der Waals surface area contributed by atoms with Crippen molar-refractivity contribution in [3.63, 3.8) is 0 Å². The molecule has 0 heterocycles. The molecule has 0 spiro atoms. The van der Waals surface area contributed by atoms with Crippen molar-refractivity contribution in [3.05, 3.63) is 0 Å². The summed E-state index contributed by atoms with van der Waals surface area (Å²) >= 11 is 0. The lowest BCUT2D eigenvalue weighted by Gasteiger charge is -0.413. The fraction of sp³-hybridized carbons (Fsp3) is 1.00. The Balaban J connectivity index is 0. The van der Waals surface area contributed by atoms with Gasteiger partial charge in [-0.15, -0.1) is 0 Å². The molecule has 0 unspecified atom stereocenters. The van der Waals surface area contributed by atoms with Crippen LogP contribution in [0.4, 0.5) is 4.70 Å². The van der Waals surface area contributed by atoms with Gasteiger partial charge in [-0.25, -0.2) is 0 Å². The van der Waals surface area contributed by atoms with Crippen LogP contribution in [0.1, 0.15) is 44.6 Å². The average molecular weight is 152 g/mol. The van der Waals surface area contributed by atoms with Crippen LogP contribution in [0, 0.1) is 0 Å². The predicted molar refractivity (Wildman–Crippen MR) is 50.1 cm³/mol. The first-order chi connectivity index (χ1) is 0. The lowest BCUT2D eigenvalue weighted by molar-refractivity contribution is 0.823. The molecule has 0 amide bonds. The van der Waals surface area contributed by atoms with Crippen LogP contribution in [0.3, 0.4) is 0 Å². The third-order valence-electron chi connectivity index (χ3n) is 0. The molecule has 0 aliphatic carbocycles. The van der Waals surface area contributed by atoms with Gasteiger partial charge in [0, 0.05) is 0 Å². The summed E-state index contributed by atoms with van der Waals surface area (Å²) < 4.78 is 0. The van der Waals surface area contributed by atoms with E-state index in [2.05, 4.69) is 0 Å². The summed E-state index contributed by atoms with van der Waals surface area (Å²) in [5.41, 5.74) is 0. The molecule has 0 saturated heterocycles. The van der Waals surface area contributed by atoms with Crippen LogP contribution in [-0.2, 0) is 0 Å². The summed E-state index contributed by atoms with van der Waals surface area (Å²) in [4.78, 5) is 0. The third-order valence-corrected chi connectivity index (χ3v) is 0. The highest BCUT2D eigenvalue weighted by atomic mass is 19.0. The van der Waals surface area contributed by atoms with E-state index in [1.54, 1.807) is 0 Å². The molecule has 0 rings (SSSR count). The van der Waals surface area contributed by atoms with Crippen molar-refractivity contribution in [2.24, 2.45) is 0 Å². The van der Waals surface area contributed by atoms with Crippen molar-refractivity contribution < 1.29 is 15.7 Å². The Bertz CT molecular complexity index is 11.0. The molecule has 0 aliphatic heterocycles. The fourth-order valence-electron chi connectivity index (χ4n) is 0. The minimum Gasteiger partial charge on any atom is -0.412 e. The van der Waals surface area contributed by atoms with Crippen molar-refractivity contribution in [2.75, 3.05) is 0 Å². The Hall–Kier alpha value is -0.150. The molecule has 4 N–H and O–H groups in total. The van der Waals surface area contributed by atoms with Gasteiger partial charge in [0.15, 0.2) is 0 Å². The van der Waals surface area contributed by atoms with E-state index < -0.39 is 0 Å². The maximum Gasteiger partial charge on any atom is -0.0776 e. The zero-order valence-corrected chi connectivity index (χ0v) is 1.41. The molecular weight excluding hydrogens is 123 g/mol. The standard InChI is InChI=1S/6CH4.FH.2H2O/h6*1H4;1H;2*1H2. The van der Waals surface area contributed by atoms with Crippen molar-refractivity contribution in [1.29, 1.82) is 0 Å². The number of hydrogen-bond acceptors (Lipinski definition) is 0. The van der Waals surface area contributed by atoms with Crippen LogP contribution in [-0.4, -0.2) is 11.0 Å². The molecule has 0 atom stereocenters. The second-order valence-corrected chi connectivity index (χ2v) is 0. The van der Waals surface area contributed by atoms with Crippen LogP contribution < -0.4 is 0 Å².